The summed E-state index contributed by atoms with van der Waals surface area (Å²) in [7, 11) is -0.668. The molecule has 0 aromatic heterocycles. The van der Waals surface area contributed by atoms with E-state index in [2.05, 4.69) is 10.6 Å². The van der Waals surface area contributed by atoms with E-state index in [-0.39, 0.29) is 18.1 Å². The van der Waals surface area contributed by atoms with E-state index in [4.69, 9.17) is 4.74 Å². The minimum Gasteiger partial charge on any atom is -0.375 e. The number of carbonyl (C=O) groups excluding carboxylic acids is 1. The third kappa shape index (κ3) is 4.37. The van der Waals surface area contributed by atoms with Crippen molar-refractivity contribution in [3.8, 4) is 0 Å². The molecule has 0 bridgehead atoms. The van der Waals surface area contributed by atoms with Crippen LogP contribution in [0.4, 0.5) is 0 Å². The van der Waals surface area contributed by atoms with Crippen LogP contribution in [0.3, 0.4) is 0 Å². The fourth-order valence-electron chi connectivity index (χ4n) is 2.18. The maximum atomic E-state index is 11.8. The van der Waals surface area contributed by atoms with E-state index in [9.17, 15) is 9.00 Å². The molecule has 6 heteroatoms. The molecule has 2 saturated heterocycles. The Bertz CT molecular complexity index is 282. The summed E-state index contributed by atoms with van der Waals surface area (Å²) >= 11 is 0. The Balaban J connectivity index is 1.67. The van der Waals surface area contributed by atoms with Gasteiger partial charge in [-0.05, 0) is 12.8 Å². The normalized spacial score (nSPS) is 34.2. The summed E-state index contributed by atoms with van der Waals surface area (Å²) in [6, 6.07) is 0.205. The molecule has 5 nitrogen and oxygen atoms in total. The molecule has 1 unspecified atom stereocenters. The average molecular weight is 260 g/mol. The van der Waals surface area contributed by atoms with E-state index in [0.29, 0.717) is 24.5 Å². The molecule has 17 heavy (non-hydrogen) atoms. The largest absolute Gasteiger partial charge is 0.375 e. The van der Waals surface area contributed by atoms with Crippen molar-refractivity contribution < 1.29 is 13.7 Å². The smallest absolute Gasteiger partial charge is 0.222 e. The monoisotopic (exact) mass is 260 g/mol. The molecular weight excluding hydrogens is 240 g/mol. The molecule has 2 aliphatic heterocycles. The van der Waals surface area contributed by atoms with Crippen LogP contribution in [-0.2, 0) is 20.3 Å². The van der Waals surface area contributed by atoms with Gasteiger partial charge in [0.05, 0.1) is 19.1 Å². The van der Waals surface area contributed by atoms with Crippen molar-refractivity contribution in [3.63, 3.8) is 0 Å². The van der Waals surface area contributed by atoms with Gasteiger partial charge in [0.25, 0.3) is 0 Å². The number of amides is 1. The van der Waals surface area contributed by atoms with Crippen LogP contribution < -0.4 is 10.6 Å². The Morgan fingerprint density at radius 1 is 1.41 bits per heavy atom. The molecule has 0 radical (unpaired) electrons. The first-order valence-corrected chi connectivity index (χ1v) is 7.69. The van der Waals surface area contributed by atoms with E-state index >= 15 is 0 Å². The molecule has 1 atom stereocenters. The number of morpholine rings is 1. The molecule has 2 heterocycles. The lowest BCUT2D eigenvalue weighted by atomic mass is 10.1. The zero-order valence-electron chi connectivity index (χ0n) is 9.94. The van der Waals surface area contributed by atoms with Crippen molar-refractivity contribution in [1.82, 2.24) is 10.6 Å². The minimum atomic E-state index is -0.668. The van der Waals surface area contributed by atoms with Crippen LogP contribution in [0.2, 0.25) is 0 Å². The zero-order valence-corrected chi connectivity index (χ0v) is 10.8. The van der Waals surface area contributed by atoms with Crippen LogP contribution in [0.1, 0.15) is 19.3 Å². The van der Waals surface area contributed by atoms with Crippen molar-refractivity contribution >= 4 is 16.7 Å². The van der Waals surface area contributed by atoms with Crippen LogP contribution in [0, 0.1) is 0 Å². The maximum Gasteiger partial charge on any atom is 0.222 e. The van der Waals surface area contributed by atoms with Gasteiger partial charge in [0, 0.05) is 41.4 Å². The predicted molar refractivity (Wildman–Crippen MR) is 66.3 cm³/mol. The van der Waals surface area contributed by atoms with Crippen molar-refractivity contribution in [2.45, 2.75) is 31.4 Å². The Morgan fingerprint density at radius 3 is 2.82 bits per heavy atom. The van der Waals surface area contributed by atoms with Crippen LogP contribution in [0.5, 0.6) is 0 Å². The van der Waals surface area contributed by atoms with Gasteiger partial charge in [-0.2, -0.15) is 0 Å². The zero-order chi connectivity index (χ0) is 12.1. The lowest BCUT2D eigenvalue weighted by Crippen LogP contribution is -2.44. The highest BCUT2D eigenvalue weighted by Crippen LogP contribution is 2.10. The highest BCUT2D eigenvalue weighted by atomic mass is 32.2. The molecule has 2 N–H and O–H groups in total. The minimum absolute atomic E-state index is 0.00136. The van der Waals surface area contributed by atoms with Crippen molar-refractivity contribution in [1.29, 1.82) is 0 Å². The van der Waals surface area contributed by atoms with E-state index in [1.165, 1.54) is 0 Å². The van der Waals surface area contributed by atoms with E-state index < -0.39 is 10.8 Å². The topological polar surface area (TPSA) is 67.4 Å². The van der Waals surface area contributed by atoms with Crippen LogP contribution in [0.25, 0.3) is 0 Å². The lowest BCUT2D eigenvalue weighted by molar-refractivity contribution is -0.125. The lowest BCUT2D eigenvalue weighted by Gasteiger charge is -2.26. The number of carbonyl (C=O) groups is 1. The number of hydrogen-bond acceptors (Lipinski definition) is 4. The summed E-state index contributed by atoms with van der Waals surface area (Å²) in [6.45, 7) is 2.30. The highest BCUT2D eigenvalue weighted by molar-refractivity contribution is 7.85. The third-order valence-electron chi connectivity index (χ3n) is 3.17. The molecule has 0 aliphatic carbocycles. The summed E-state index contributed by atoms with van der Waals surface area (Å²) in [4.78, 5) is 11.8. The van der Waals surface area contributed by atoms with Gasteiger partial charge in [-0.25, -0.2) is 0 Å². The summed E-state index contributed by atoms with van der Waals surface area (Å²) < 4.78 is 16.7. The summed E-state index contributed by atoms with van der Waals surface area (Å²) in [5.41, 5.74) is 0. The molecule has 2 aliphatic rings. The summed E-state index contributed by atoms with van der Waals surface area (Å²) in [6.07, 6.45) is 2.10. The van der Waals surface area contributed by atoms with Crippen LogP contribution in [0.15, 0.2) is 0 Å². The van der Waals surface area contributed by atoms with Crippen molar-refractivity contribution in [3.05, 3.63) is 0 Å². The molecule has 0 aromatic carbocycles. The van der Waals surface area contributed by atoms with Crippen molar-refractivity contribution in [2.75, 3.05) is 31.2 Å². The number of rotatable bonds is 3. The molecule has 0 aromatic rings. The van der Waals surface area contributed by atoms with E-state index in [1.54, 1.807) is 0 Å². The number of ether oxygens (including phenoxy) is 1. The summed E-state index contributed by atoms with van der Waals surface area (Å²) in [5.74, 6) is 1.48. The predicted octanol–water partition coefficient (Wildman–Crippen LogP) is -0.608. The van der Waals surface area contributed by atoms with E-state index in [1.807, 2.05) is 0 Å². The van der Waals surface area contributed by atoms with Crippen LogP contribution >= 0.6 is 0 Å². The van der Waals surface area contributed by atoms with Gasteiger partial charge in [0.15, 0.2) is 0 Å². The molecule has 98 valence electrons. The first-order valence-electron chi connectivity index (χ1n) is 6.20. The molecule has 2 rings (SSSR count). The van der Waals surface area contributed by atoms with Crippen molar-refractivity contribution in [2.24, 2.45) is 0 Å². The third-order valence-corrected chi connectivity index (χ3v) is 4.55. The first kappa shape index (κ1) is 13.0. The summed E-state index contributed by atoms with van der Waals surface area (Å²) in [5, 5.41) is 6.21. The van der Waals surface area contributed by atoms with Gasteiger partial charge in [-0.3, -0.25) is 9.00 Å². The van der Waals surface area contributed by atoms with Gasteiger partial charge in [0.1, 0.15) is 0 Å². The Morgan fingerprint density at radius 2 is 2.18 bits per heavy atom. The fraction of sp³-hybridized carbons (Fsp3) is 0.909. The molecular formula is C11H20N2O3S. The number of hydrogen-bond donors (Lipinski definition) is 2. The van der Waals surface area contributed by atoms with Gasteiger partial charge in [-0.15, -0.1) is 0 Å². The SMILES string of the molecule is O=C(CC1CNCCO1)NC1CCS(=O)CC1. The Hall–Kier alpha value is -0.460. The van der Waals surface area contributed by atoms with Gasteiger partial charge in [0.2, 0.25) is 5.91 Å². The van der Waals surface area contributed by atoms with Crippen LogP contribution in [-0.4, -0.2) is 53.5 Å². The quantitative estimate of drug-likeness (QED) is 0.710. The Kier molecular flexibility index (Phi) is 4.94. The standard InChI is InChI=1S/C11H20N2O3S/c14-11(7-10-8-12-3-4-16-10)13-9-1-5-17(15)6-2-9/h9-10,12H,1-8H2,(H,13,14). The fourth-order valence-corrected chi connectivity index (χ4v) is 3.48. The highest BCUT2D eigenvalue weighted by Gasteiger charge is 2.22. The second-order valence-corrected chi connectivity index (χ2v) is 6.29. The molecule has 0 spiro atoms. The second kappa shape index (κ2) is 6.47. The van der Waals surface area contributed by atoms with E-state index in [0.717, 1.165) is 25.9 Å². The maximum absolute atomic E-state index is 11.8. The first-order chi connectivity index (χ1) is 8.24. The molecule has 2 fully saturated rings. The number of nitrogens with one attached hydrogen (secondary N) is 2. The molecule has 0 saturated carbocycles. The Labute approximate surface area is 104 Å². The van der Waals surface area contributed by atoms with Gasteiger partial charge < -0.3 is 15.4 Å². The average Bonchev–Trinajstić information content (AvgIpc) is 2.33. The van der Waals surface area contributed by atoms with Gasteiger partial charge >= 0.3 is 0 Å². The molecule has 1 amide bonds. The van der Waals surface area contributed by atoms with Gasteiger partial charge in [-0.1, -0.05) is 0 Å². The second-order valence-electron chi connectivity index (χ2n) is 4.59.